The van der Waals surface area contributed by atoms with Crippen molar-refractivity contribution in [1.82, 2.24) is 15.2 Å². The average molecular weight is 431 g/mol. The van der Waals surface area contributed by atoms with E-state index < -0.39 is 0 Å². The van der Waals surface area contributed by atoms with E-state index in [1.165, 1.54) is 12.1 Å². The van der Waals surface area contributed by atoms with Crippen LogP contribution in [0, 0.1) is 5.82 Å². The number of nitrogens with zero attached hydrogens (tertiary/aromatic N) is 3. The van der Waals surface area contributed by atoms with Crippen molar-refractivity contribution in [2.75, 3.05) is 6.54 Å². The Kier molecular flexibility index (Phi) is 5.02. The molecule has 3 atom stereocenters. The zero-order valence-electron chi connectivity index (χ0n) is 14.0. The summed E-state index contributed by atoms with van der Waals surface area (Å²) in [6.07, 6.45) is 2.52. The Bertz CT molecular complexity index is 942. The van der Waals surface area contributed by atoms with Gasteiger partial charge in [0.1, 0.15) is 0 Å². The van der Waals surface area contributed by atoms with Gasteiger partial charge in [-0.25, -0.2) is 0 Å². The Balaban J connectivity index is 1.45. The number of benzene rings is 2. The van der Waals surface area contributed by atoms with E-state index in [2.05, 4.69) is 27.3 Å². The van der Waals surface area contributed by atoms with Crippen molar-refractivity contribution < 1.29 is 4.39 Å². The van der Waals surface area contributed by atoms with Crippen molar-refractivity contribution in [3.63, 3.8) is 0 Å². The van der Waals surface area contributed by atoms with E-state index in [-0.39, 0.29) is 16.0 Å². The van der Waals surface area contributed by atoms with Crippen LogP contribution in [-0.2, 0) is 6.42 Å². The van der Waals surface area contributed by atoms with Crippen molar-refractivity contribution in [3.8, 4) is 0 Å². The number of H-pyrrole nitrogens is 1. The molecule has 1 aromatic heterocycles. The molecule has 0 amide bonds. The second kappa shape index (κ2) is 7.43. The zero-order valence-corrected chi connectivity index (χ0v) is 17.2. The predicted octanol–water partition coefficient (Wildman–Crippen LogP) is 1.90. The first-order valence-electron chi connectivity index (χ1n) is 8.29. The van der Waals surface area contributed by atoms with E-state index in [4.69, 9.17) is 10.8 Å². The average Bonchev–Trinajstić information content (AvgIpc) is 3.23. The molecule has 2 heterocycles. The fraction of sp³-hybridized carbons (Fsp3) is 0.222. The van der Waals surface area contributed by atoms with Gasteiger partial charge in [0.25, 0.3) is 0 Å². The number of aromatic amines is 1. The molecule has 1 aliphatic rings. The van der Waals surface area contributed by atoms with Crippen LogP contribution in [0.5, 0.6) is 0 Å². The number of thioether (sulfide) groups is 1. The van der Waals surface area contributed by atoms with Gasteiger partial charge in [-0.15, -0.1) is 0 Å². The van der Waals surface area contributed by atoms with E-state index in [1.807, 2.05) is 12.3 Å². The normalized spacial score (nSPS) is 18.3. The van der Waals surface area contributed by atoms with Gasteiger partial charge < -0.3 is 0 Å². The number of nitrogens with one attached hydrogen (secondary N) is 1. The van der Waals surface area contributed by atoms with Gasteiger partial charge in [0.15, 0.2) is 0 Å². The van der Waals surface area contributed by atoms with Crippen LogP contribution >= 0.6 is 11.8 Å². The third-order valence-electron chi connectivity index (χ3n) is 4.27. The summed E-state index contributed by atoms with van der Waals surface area (Å²) in [6.45, 7) is 0.671. The third kappa shape index (κ3) is 3.80. The molecule has 0 aliphatic carbocycles. The molecule has 4 rings (SSSR count). The minimum atomic E-state index is -0.224. The molecule has 0 saturated carbocycles. The SMILES string of the molecule is NC(Cc1ccc(F)cc1)CN1N=C(c2ccc3[nH]ncc3c2)SC1[AsH2]. The van der Waals surface area contributed by atoms with Crippen molar-refractivity contribution in [1.29, 1.82) is 0 Å². The quantitative estimate of drug-likeness (QED) is 0.606. The molecular formula is C18H19AsFN5S. The van der Waals surface area contributed by atoms with Gasteiger partial charge in [-0.2, -0.15) is 0 Å². The van der Waals surface area contributed by atoms with Crippen LogP contribution in [0.4, 0.5) is 4.39 Å². The van der Waals surface area contributed by atoms with Crippen LogP contribution in [0.2, 0.25) is 0 Å². The van der Waals surface area contributed by atoms with Crippen molar-refractivity contribution in [2.45, 2.75) is 16.6 Å². The van der Waals surface area contributed by atoms with Gasteiger partial charge in [-0.1, -0.05) is 0 Å². The monoisotopic (exact) mass is 431 g/mol. The van der Waals surface area contributed by atoms with E-state index in [0.29, 0.717) is 13.0 Å². The first kappa shape index (κ1) is 17.6. The molecule has 3 N–H and O–H groups in total. The standard InChI is InChI=1S/C18H19AsFN5S/c19-18-25(10-15(21)7-11-1-4-14(20)5-2-11)24-17(26-18)12-3-6-16-13(8-12)9-22-23-16/h1-6,8-9,15,18H,7,10,19,21H2,(H,22,23). The maximum absolute atomic E-state index is 13.0. The summed E-state index contributed by atoms with van der Waals surface area (Å²) in [5, 5.41) is 16.0. The summed E-state index contributed by atoms with van der Waals surface area (Å²) in [7, 11) is 0. The molecule has 0 spiro atoms. The Morgan fingerprint density at radius 3 is 2.88 bits per heavy atom. The van der Waals surface area contributed by atoms with Gasteiger partial charge in [0.05, 0.1) is 0 Å². The molecule has 134 valence electrons. The van der Waals surface area contributed by atoms with Gasteiger partial charge in [0, 0.05) is 0 Å². The number of rotatable bonds is 5. The molecule has 0 saturated heterocycles. The summed E-state index contributed by atoms with van der Waals surface area (Å²) in [5.41, 5.74) is 9.47. The third-order valence-corrected chi connectivity index (χ3v) is 6.87. The number of nitrogens with two attached hydrogens (primary N) is 1. The molecule has 0 fully saturated rings. The second-order valence-electron chi connectivity index (χ2n) is 6.30. The number of hydrogen-bond donors (Lipinski definition) is 2. The molecule has 8 heteroatoms. The van der Waals surface area contributed by atoms with E-state index in [9.17, 15) is 4.39 Å². The zero-order chi connectivity index (χ0) is 18.1. The van der Waals surface area contributed by atoms with Crippen LogP contribution < -0.4 is 5.73 Å². The molecular weight excluding hydrogens is 412 g/mol. The molecule has 3 aromatic rings. The van der Waals surface area contributed by atoms with Crippen LogP contribution in [0.1, 0.15) is 11.1 Å². The van der Waals surface area contributed by atoms with Crippen LogP contribution in [0.25, 0.3) is 10.9 Å². The topological polar surface area (TPSA) is 70.3 Å². The number of aromatic nitrogens is 2. The summed E-state index contributed by atoms with van der Waals surface area (Å²) in [5.74, 6) is -0.224. The van der Waals surface area contributed by atoms with E-state index in [0.717, 1.165) is 27.1 Å². The predicted molar refractivity (Wildman–Crippen MR) is 107 cm³/mol. The maximum atomic E-state index is 13.0. The summed E-state index contributed by atoms with van der Waals surface area (Å²) in [4.78, 5) is 0. The Morgan fingerprint density at radius 1 is 1.27 bits per heavy atom. The Hall–Kier alpha value is -1.82. The fourth-order valence-corrected chi connectivity index (χ4v) is 5.05. The molecule has 26 heavy (non-hydrogen) atoms. The van der Waals surface area contributed by atoms with Gasteiger partial charge >= 0.3 is 164 Å². The van der Waals surface area contributed by atoms with E-state index in [1.54, 1.807) is 40.7 Å². The van der Waals surface area contributed by atoms with Gasteiger partial charge in [-0.05, 0) is 0 Å². The Morgan fingerprint density at radius 2 is 2.08 bits per heavy atom. The van der Waals surface area contributed by atoms with Crippen molar-refractivity contribution >= 4 is 44.6 Å². The number of fused-ring (bicyclic) bond motifs is 1. The fourth-order valence-electron chi connectivity index (χ4n) is 2.95. The second-order valence-corrected chi connectivity index (χ2v) is 9.74. The molecule has 2 aromatic carbocycles. The minimum absolute atomic E-state index is 0.0567. The number of halogens is 1. The molecule has 5 nitrogen and oxygen atoms in total. The first-order chi connectivity index (χ1) is 12.6. The van der Waals surface area contributed by atoms with Crippen molar-refractivity contribution in [2.24, 2.45) is 10.8 Å². The van der Waals surface area contributed by atoms with Crippen molar-refractivity contribution in [3.05, 3.63) is 65.6 Å². The molecule has 3 unspecified atom stereocenters. The Labute approximate surface area is 163 Å². The molecule has 1 aliphatic heterocycles. The number of hydrogen-bond acceptors (Lipinski definition) is 5. The first-order valence-corrected chi connectivity index (χ1v) is 10.6. The summed E-state index contributed by atoms with van der Waals surface area (Å²) < 4.78 is 13.3. The summed E-state index contributed by atoms with van der Waals surface area (Å²) >= 11 is 3.37. The van der Waals surface area contributed by atoms with E-state index >= 15 is 0 Å². The molecule has 0 radical (unpaired) electrons. The van der Waals surface area contributed by atoms with Gasteiger partial charge in [-0.3, -0.25) is 0 Å². The summed E-state index contributed by atoms with van der Waals surface area (Å²) in [6, 6.07) is 12.7. The van der Waals surface area contributed by atoms with Crippen LogP contribution in [0.3, 0.4) is 0 Å². The molecule has 0 bridgehead atoms. The van der Waals surface area contributed by atoms with Crippen LogP contribution in [-0.4, -0.2) is 53.9 Å². The van der Waals surface area contributed by atoms with Crippen LogP contribution in [0.15, 0.2) is 53.8 Å². The number of hydrazone groups is 1. The van der Waals surface area contributed by atoms with Gasteiger partial charge in [0.2, 0.25) is 0 Å².